The van der Waals surface area contributed by atoms with E-state index in [0.29, 0.717) is 0 Å². The lowest BCUT2D eigenvalue weighted by Gasteiger charge is -2.25. The quantitative estimate of drug-likeness (QED) is 0.659. The van der Waals surface area contributed by atoms with E-state index in [1.165, 1.54) is 44.9 Å². The first-order chi connectivity index (χ1) is 14.7. The highest BCUT2D eigenvalue weighted by atomic mass is 16.3. The Morgan fingerprint density at radius 2 is 1.43 bits per heavy atom. The van der Waals surface area contributed by atoms with E-state index >= 15 is 0 Å². The number of benzene rings is 1. The summed E-state index contributed by atoms with van der Waals surface area (Å²) in [6.45, 7) is -0.380. The van der Waals surface area contributed by atoms with Crippen molar-refractivity contribution in [3.05, 3.63) is 35.9 Å². The van der Waals surface area contributed by atoms with Gasteiger partial charge in [-0.3, -0.25) is 9.59 Å². The Bertz CT molecular complexity index is 660. The lowest BCUT2D eigenvalue weighted by Crippen LogP contribution is -2.53. The Hall–Kier alpha value is -1.88. The van der Waals surface area contributed by atoms with Crippen LogP contribution in [-0.4, -0.2) is 35.6 Å². The maximum absolute atomic E-state index is 12.9. The normalized spacial score (nSPS) is 21.5. The second-order valence-electron chi connectivity index (χ2n) is 9.12. The van der Waals surface area contributed by atoms with E-state index in [0.717, 1.165) is 44.1 Å². The molecule has 5 heteroatoms. The van der Waals surface area contributed by atoms with Crippen LogP contribution in [0.5, 0.6) is 0 Å². The summed E-state index contributed by atoms with van der Waals surface area (Å²) < 4.78 is 0. The molecule has 1 aromatic carbocycles. The maximum Gasteiger partial charge on any atom is 0.245 e. The molecule has 2 saturated carbocycles. The maximum atomic E-state index is 12.9. The predicted molar refractivity (Wildman–Crippen MR) is 119 cm³/mol. The molecule has 5 nitrogen and oxygen atoms in total. The molecule has 1 aromatic rings. The molecule has 1 unspecified atom stereocenters. The Kier molecular flexibility index (Phi) is 8.74. The molecule has 0 aliphatic heterocycles. The van der Waals surface area contributed by atoms with Crippen LogP contribution in [0.15, 0.2) is 30.3 Å². The minimum Gasteiger partial charge on any atom is -0.394 e. The van der Waals surface area contributed by atoms with Crippen LogP contribution in [0, 0.1) is 0 Å². The molecule has 30 heavy (non-hydrogen) atoms. The molecule has 2 amide bonds. The van der Waals surface area contributed by atoms with Crippen molar-refractivity contribution in [2.45, 2.75) is 101 Å². The third-order valence-corrected chi connectivity index (χ3v) is 6.77. The lowest BCUT2D eigenvalue weighted by atomic mass is 9.94. The summed E-state index contributed by atoms with van der Waals surface area (Å²) in [5.41, 5.74) is 0.446. The zero-order chi connectivity index (χ0) is 21.2. The molecule has 0 heterocycles. The molecule has 1 atom stereocenters. The zero-order valence-corrected chi connectivity index (χ0v) is 18.2. The Balaban J connectivity index is 1.54. The van der Waals surface area contributed by atoms with Crippen LogP contribution in [0.25, 0.3) is 0 Å². The Morgan fingerprint density at radius 1 is 0.900 bits per heavy atom. The molecule has 3 rings (SSSR count). The number of amides is 2. The number of carbonyl (C=O) groups excluding carboxylic acids is 2. The van der Waals surface area contributed by atoms with E-state index in [4.69, 9.17) is 0 Å². The lowest BCUT2D eigenvalue weighted by molar-refractivity contribution is -0.131. The molecular weight excluding hydrogens is 376 g/mol. The molecule has 3 N–H and O–H groups in total. The molecule has 166 valence electrons. The number of nitrogens with one attached hydrogen (secondary N) is 2. The Morgan fingerprint density at radius 3 is 1.93 bits per heavy atom. The fraction of sp³-hybridized carbons (Fsp3) is 0.680. The van der Waals surface area contributed by atoms with Crippen molar-refractivity contribution in [2.24, 2.45) is 0 Å². The summed E-state index contributed by atoms with van der Waals surface area (Å²) >= 11 is 0. The van der Waals surface area contributed by atoms with Gasteiger partial charge >= 0.3 is 0 Å². The first kappa shape index (κ1) is 22.8. The number of aliphatic hydroxyl groups excluding tert-OH is 1. The molecule has 0 radical (unpaired) electrons. The fourth-order valence-corrected chi connectivity index (χ4v) is 4.63. The van der Waals surface area contributed by atoms with Gasteiger partial charge < -0.3 is 15.7 Å². The summed E-state index contributed by atoms with van der Waals surface area (Å²) in [5.74, 6) is -0.409. The number of hydrogen-bond donors (Lipinski definition) is 3. The van der Waals surface area contributed by atoms with Crippen molar-refractivity contribution >= 4 is 11.8 Å². The SMILES string of the molecule is O=C(NC1CCCCCCCCCCC1)C(CO)NC(=O)C1(c2ccccc2)CC1. The number of hydrogen-bond acceptors (Lipinski definition) is 3. The van der Waals surface area contributed by atoms with Gasteiger partial charge in [-0.25, -0.2) is 0 Å². The van der Waals surface area contributed by atoms with Crippen LogP contribution < -0.4 is 10.6 Å². The minimum atomic E-state index is -0.889. The van der Waals surface area contributed by atoms with Crippen molar-refractivity contribution in [3.63, 3.8) is 0 Å². The summed E-state index contributed by atoms with van der Waals surface area (Å²) in [4.78, 5) is 25.8. The van der Waals surface area contributed by atoms with E-state index in [1.807, 2.05) is 30.3 Å². The second kappa shape index (κ2) is 11.5. The van der Waals surface area contributed by atoms with E-state index in [-0.39, 0.29) is 24.5 Å². The molecule has 2 fully saturated rings. The Labute approximate surface area is 181 Å². The summed E-state index contributed by atoms with van der Waals surface area (Å²) in [6, 6.07) is 8.97. The van der Waals surface area contributed by atoms with Gasteiger partial charge in [0.15, 0.2) is 0 Å². The van der Waals surface area contributed by atoms with Crippen LogP contribution in [0.4, 0.5) is 0 Å². The third-order valence-electron chi connectivity index (χ3n) is 6.77. The average Bonchev–Trinajstić information content (AvgIpc) is 3.56. The van der Waals surface area contributed by atoms with Gasteiger partial charge in [0.25, 0.3) is 0 Å². The van der Waals surface area contributed by atoms with E-state index in [9.17, 15) is 14.7 Å². The standard InChI is InChI=1S/C25H38N2O3/c28-19-22(27-24(30)25(17-18-25)20-13-9-8-10-14-20)23(29)26-21-15-11-6-4-2-1-3-5-7-12-16-21/h8-10,13-14,21-22,28H,1-7,11-12,15-19H2,(H,26,29)(H,27,30). The first-order valence-electron chi connectivity index (χ1n) is 11.9. The van der Waals surface area contributed by atoms with Crippen molar-refractivity contribution in [2.75, 3.05) is 6.61 Å². The van der Waals surface area contributed by atoms with Crippen molar-refractivity contribution in [3.8, 4) is 0 Å². The molecular formula is C25H38N2O3. The zero-order valence-electron chi connectivity index (χ0n) is 18.2. The molecule has 2 aliphatic carbocycles. The highest BCUT2D eigenvalue weighted by Gasteiger charge is 2.51. The number of rotatable bonds is 6. The minimum absolute atomic E-state index is 0.131. The van der Waals surface area contributed by atoms with Gasteiger partial charge in [-0.1, -0.05) is 88.1 Å². The summed E-state index contributed by atoms with van der Waals surface area (Å²) in [7, 11) is 0. The molecule has 0 aromatic heterocycles. The topological polar surface area (TPSA) is 78.4 Å². The smallest absolute Gasteiger partial charge is 0.245 e. The molecule has 0 saturated heterocycles. The van der Waals surface area contributed by atoms with Crippen molar-refractivity contribution < 1.29 is 14.7 Å². The fourth-order valence-electron chi connectivity index (χ4n) is 4.63. The van der Waals surface area contributed by atoms with E-state index in [2.05, 4.69) is 10.6 Å². The van der Waals surface area contributed by atoms with Gasteiger partial charge in [-0.05, 0) is 31.2 Å². The molecule has 0 bridgehead atoms. The third kappa shape index (κ3) is 6.31. The monoisotopic (exact) mass is 414 g/mol. The van der Waals surface area contributed by atoms with Crippen LogP contribution in [0.1, 0.15) is 89.0 Å². The molecule has 0 spiro atoms. The van der Waals surface area contributed by atoms with Gasteiger partial charge in [0.2, 0.25) is 11.8 Å². The van der Waals surface area contributed by atoms with Gasteiger partial charge in [0, 0.05) is 6.04 Å². The average molecular weight is 415 g/mol. The highest BCUT2D eigenvalue weighted by molar-refractivity contribution is 5.95. The van der Waals surface area contributed by atoms with Gasteiger partial charge in [-0.15, -0.1) is 0 Å². The van der Waals surface area contributed by atoms with Gasteiger partial charge in [-0.2, -0.15) is 0 Å². The van der Waals surface area contributed by atoms with Gasteiger partial charge in [0.1, 0.15) is 6.04 Å². The van der Waals surface area contributed by atoms with Gasteiger partial charge in [0.05, 0.1) is 12.0 Å². The summed E-state index contributed by atoms with van der Waals surface area (Å²) in [6.07, 6.45) is 14.7. The van der Waals surface area contributed by atoms with Crippen molar-refractivity contribution in [1.82, 2.24) is 10.6 Å². The summed E-state index contributed by atoms with van der Waals surface area (Å²) in [5, 5.41) is 15.8. The van der Waals surface area contributed by atoms with Crippen LogP contribution >= 0.6 is 0 Å². The number of carbonyl (C=O) groups is 2. The first-order valence-corrected chi connectivity index (χ1v) is 11.9. The second-order valence-corrected chi connectivity index (χ2v) is 9.12. The number of aliphatic hydroxyl groups is 1. The van der Waals surface area contributed by atoms with Crippen LogP contribution in [0.3, 0.4) is 0 Å². The van der Waals surface area contributed by atoms with E-state index in [1.54, 1.807) is 0 Å². The van der Waals surface area contributed by atoms with Crippen molar-refractivity contribution in [1.29, 1.82) is 0 Å². The van der Waals surface area contributed by atoms with Crippen LogP contribution in [0.2, 0.25) is 0 Å². The predicted octanol–water partition coefficient (Wildman–Crippen LogP) is 3.98. The highest BCUT2D eigenvalue weighted by Crippen LogP contribution is 2.48. The largest absolute Gasteiger partial charge is 0.394 e. The van der Waals surface area contributed by atoms with Crippen LogP contribution in [-0.2, 0) is 15.0 Å². The molecule has 2 aliphatic rings. The van der Waals surface area contributed by atoms with E-state index < -0.39 is 11.5 Å².